The van der Waals surface area contributed by atoms with Gasteiger partial charge in [-0.1, -0.05) is 0 Å². The number of amides is 2. The van der Waals surface area contributed by atoms with E-state index >= 15 is 8.78 Å². The Labute approximate surface area is 319 Å². The van der Waals surface area contributed by atoms with Gasteiger partial charge in [-0.05, 0) is 68.1 Å². The van der Waals surface area contributed by atoms with E-state index in [1.165, 1.54) is 69.0 Å². The SMILES string of the molecule is Cc1c(F)ccc(-c2nc3cn[nH]c3cc2F)c1CCN(C=O)C(Cc1cnn(C(F)F)c1)C(=O)NC(C)(C)Cn1nc(C(F)(F)F)cc1-c1ccc(=O)n(C)c1. The van der Waals surface area contributed by atoms with Crippen molar-refractivity contribution in [1.29, 1.82) is 0 Å². The van der Waals surface area contributed by atoms with Crippen LogP contribution >= 0.6 is 0 Å². The Morgan fingerprint density at radius 1 is 1.05 bits per heavy atom. The summed E-state index contributed by atoms with van der Waals surface area (Å²) in [6.07, 6.45) is -0.128. The number of hydrogen-bond acceptors (Lipinski definition) is 7. The summed E-state index contributed by atoms with van der Waals surface area (Å²) >= 11 is 0. The van der Waals surface area contributed by atoms with E-state index in [-0.39, 0.29) is 65.1 Å². The molecule has 20 heteroatoms. The third-order valence-corrected chi connectivity index (χ3v) is 9.37. The van der Waals surface area contributed by atoms with Gasteiger partial charge in [0.15, 0.2) is 11.5 Å². The van der Waals surface area contributed by atoms with E-state index in [4.69, 9.17) is 0 Å². The highest BCUT2D eigenvalue weighted by Crippen LogP contribution is 2.33. The molecule has 0 saturated heterocycles. The number of H-pyrrole nitrogens is 1. The van der Waals surface area contributed by atoms with Crippen LogP contribution in [0.3, 0.4) is 0 Å². The number of rotatable bonds is 14. The van der Waals surface area contributed by atoms with Crippen molar-refractivity contribution in [1.82, 2.24) is 49.5 Å². The number of halogens is 7. The standard InChI is InChI=1S/C37H35F7N10O3/c1-20-23(24(6-7-25(20)38)33-26(39)12-27-28(47-33)15-45-49-27)9-10-52(19-55)30(11-21-14-46-53(16-21)35(40)41)34(57)48-36(2,3)18-54-29(13-31(50-54)37(42,43)44)22-5-8-32(56)51(4)17-22/h5-8,12-17,19,30,35H,9-11,18H2,1-4H3,(H,45,49)(H,48,57). The number of alkyl halides is 5. The van der Waals surface area contributed by atoms with Gasteiger partial charge in [0.2, 0.25) is 17.9 Å². The molecule has 5 heterocycles. The van der Waals surface area contributed by atoms with E-state index in [1.54, 1.807) is 0 Å². The summed E-state index contributed by atoms with van der Waals surface area (Å²) in [6.45, 7) is 0.860. The van der Waals surface area contributed by atoms with Crippen LogP contribution in [0.1, 0.15) is 42.8 Å². The van der Waals surface area contributed by atoms with Crippen molar-refractivity contribution in [3.05, 3.63) is 106 Å². The Morgan fingerprint density at radius 3 is 2.47 bits per heavy atom. The Bertz CT molecular complexity index is 2500. The van der Waals surface area contributed by atoms with E-state index in [0.717, 1.165) is 34.1 Å². The lowest BCUT2D eigenvalue weighted by Crippen LogP contribution is -2.55. The summed E-state index contributed by atoms with van der Waals surface area (Å²) in [4.78, 5) is 44.4. The number of pyridine rings is 2. The molecule has 0 saturated carbocycles. The number of carbonyl (C=O) groups is 2. The highest BCUT2D eigenvalue weighted by atomic mass is 19.4. The molecular weight excluding hydrogens is 765 g/mol. The summed E-state index contributed by atoms with van der Waals surface area (Å²) in [5.74, 6) is -2.19. The molecule has 6 rings (SSSR count). The lowest BCUT2D eigenvalue weighted by molar-refractivity contribution is -0.141. The van der Waals surface area contributed by atoms with Crippen LogP contribution in [0.2, 0.25) is 0 Å². The van der Waals surface area contributed by atoms with Gasteiger partial charge < -0.3 is 14.8 Å². The average Bonchev–Trinajstić information content (AvgIpc) is 3.90. The van der Waals surface area contributed by atoms with Crippen LogP contribution in [-0.2, 0) is 42.2 Å². The lowest BCUT2D eigenvalue weighted by Gasteiger charge is -2.33. The van der Waals surface area contributed by atoms with Gasteiger partial charge >= 0.3 is 12.7 Å². The molecule has 0 aliphatic heterocycles. The number of carbonyl (C=O) groups excluding carboxylic acids is 2. The largest absolute Gasteiger partial charge is 0.435 e. The fourth-order valence-electron chi connectivity index (χ4n) is 6.50. The molecule has 1 aromatic carbocycles. The van der Waals surface area contributed by atoms with Crippen molar-refractivity contribution >= 4 is 23.4 Å². The Balaban J connectivity index is 1.31. The summed E-state index contributed by atoms with van der Waals surface area (Å²) in [5, 5.41) is 16.6. The van der Waals surface area contributed by atoms with E-state index in [0.29, 0.717) is 22.1 Å². The van der Waals surface area contributed by atoms with Crippen LogP contribution in [-0.4, -0.2) is 74.7 Å². The smallest absolute Gasteiger partial charge is 0.348 e. The third kappa shape index (κ3) is 8.73. The van der Waals surface area contributed by atoms with Crippen molar-refractivity contribution in [2.75, 3.05) is 6.54 Å². The van der Waals surface area contributed by atoms with Crippen molar-refractivity contribution in [3.63, 3.8) is 0 Å². The second-order valence-electron chi connectivity index (χ2n) is 14.0. The lowest BCUT2D eigenvalue weighted by atomic mass is 9.95. The average molecular weight is 801 g/mol. The number of fused-ring (bicyclic) bond motifs is 1. The summed E-state index contributed by atoms with van der Waals surface area (Å²) in [5.41, 5.74) is -1.47. The molecule has 0 spiro atoms. The Hall–Kier alpha value is -6.34. The molecule has 13 nitrogen and oxygen atoms in total. The molecule has 57 heavy (non-hydrogen) atoms. The Morgan fingerprint density at radius 2 is 1.81 bits per heavy atom. The van der Waals surface area contributed by atoms with E-state index < -0.39 is 53.1 Å². The van der Waals surface area contributed by atoms with Gasteiger partial charge in [-0.25, -0.2) is 18.4 Å². The predicted molar refractivity (Wildman–Crippen MR) is 192 cm³/mol. The van der Waals surface area contributed by atoms with Crippen LogP contribution in [0.4, 0.5) is 30.7 Å². The van der Waals surface area contributed by atoms with Gasteiger partial charge in [-0.2, -0.15) is 37.2 Å². The highest BCUT2D eigenvalue weighted by molar-refractivity contribution is 5.85. The number of nitrogens with one attached hydrogen (secondary N) is 2. The quantitative estimate of drug-likeness (QED) is 0.108. The summed E-state index contributed by atoms with van der Waals surface area (Å²) < 4.78 is 101. The maximum atomic E-state index is 15.4. The number of benzene rings is 1. The molecule has 6 aromatic rings. The van der Waals surface area contributed by atoms with E-state index in [9.17, 15) is 36.3 Å². The second-order valence-corrected chi connectivity index (χ2v) is 14.0. The zero-order valence-electron chi connectivity index (χ0n) is 30.8. The molecule has 1 unspecified atom stereocenters. The molecule has 2 N–H and O–H groups in total. The first kappa shape index (κ1) is 40.3. The molecule has 300 valence electrons. The minimum Gasteiger partial charge on any atom is -0.348 e. The summed E-state index contributed by atoms with van der Waals surface area (Å²) in [7, 11) is 1.43. The molecule has 2 amide bonds. The van der Waals surface area contributed by atoms with Crippen LogP contribution in [0, 0.1) is 18.6 Å². The zero-order valence-corrected chi connectivity index (χ0v) is 30.8. The first-order valence-corrected chi connectivity index (χ1v) is 17.3. The van der Waals surface area contributed by atoms with Crippen LogP contribution in [0.5, 0.6) is 0 Å². The first-order valence-electron chi connectivity index (χ1n) is 17.3. The molecule has 0 fully saturated rings. The first-order chi connectivity index (χ1) is 26.8. The number of hydrogen-bond donors (Lipinski definition) is 2. The molecule has 0 radical (unpaired) electrons. The molecule has 1 atom stereocenters. The van der Waals surface area contributed by atoms with Crippen molar-refractivity contribution in [3.8, 4) is 22.5 Å². The number of nitrogens with zero attached hydrogens (tertiary/aromatic N) is 8. The molecule has 0 bridgehead atoms. The fraction of sp³-hybridized carbons (Fsp3) is 0.324. The van der Waals surface area contributed by atoms with Crippen molar-refractivity contribution < 1.29 is 40.3 Å². The van der Waals surface area contributed by atoms with Crippen LogP contribution in [0.25, 0.3) is 33.5 Å². The van der Waals surface area contributed by atoms with Crippen molar-refractivity contribution in [2.24, 2.45) is 7.05 Å². The van der Waals surface area contributed by atoms with Gasteiger partial charge in [0.1, 0.15) is 23.1 Å². The summed E-state index contributed by atoms with van der Waals surface area (Å²) in [6, 6.07) is 5.59. The topological polar surface area (TPSA) is 149 Å². The zero-order chi connectivity index (χ0) is 41.4. The van der Waals surface area contributed by atoms with Gasteiger partial charge in [0.25, 0.3) is 0 Å². The van der Waals surface area contributed by atoms with Crippen molar-refractivity contribution in [2.45, 2.75) is 64.5 Å². The van der Waals surface area contributed by atoms with Gasteiger partial charge in [-0.3, -0.25) is 24.2 Å². The van der Waals surface area contributed by atoms with Gasteiger partial charge in [-0.15, -0.1) is 0 Å². The highest BCUT2D eigenvalue weighted by Gasteiger charge is 2.37. The number of aryl methyl sites for hydroxylation is 1. The second kappa shape index (κ2) is 15.7. The van der Waals surface area contributed by atoms with E-state index in [2.05, 4.69) is 30.7 Å². The van der Waals surface area contributed by atoms with Crippen LogP contribution in [0.15, 0.2) is 66.0 Å². The third-order valence-electron chi connectivity index (χ3n) is 9.37. The maximum absolute atomic E-state index is 15.4. The Kier molecular flexibility index (Phi) is 11.1. The molecule has 0 aliphatic rings. The van der Waals surface area contributed by atoms with Gasteiger partial charge in [0, 0.05) is 55.7 Å². The fourth-order valence-corrected chi connectivity index (χ4v) is 6.50. The van der Waals surface area contributed by atoms with E-state index in [1.807, 2.05) is 0 Å². The molecule has 0 aliphatic carbocycles. The normalized spacial score (nSPS) is 12.7. The van der Waals surface area contributed by atoms with Gasteiger partial charge in [0.05, 0.1) is 35.7 Å². The predicted octanol–water partition coefficient (Wildman–Crippen LogP) is 5.59. The minimum absolute atomic E-state index is 0.00940. The minimum atomic E-state index is -4.83. The number of aromatic nitrogens is 8. The molecular formula is C37H35F7N10O3. The van der Waals surface area contributed by atoms with Crippen LogP contribution < -0.4 is 10.9 Å². The number of aromatic amines is 1. The molecule has 5 aromatic heterocycles. The monoisotopic (exact) mass is 800 g/mol. The maximum Gasteiger partial charge on any atom is 0.435 e.